The number of benzene rings is 1. The zero-order valence-electron chi connectivity index (χ0n) is 16.6. The second kappa shape index (κ2) is 6.79. The van der Waals surface area contributed by atoms with Crippen LogP contribution in [0.1, 0.15) is 36.5 Å². The van der Waals surface area contributed by atoms with Gasteiger partial charge in [-0.05, 0) is 49.3 Å². The summed E-state index contributed by atoms with van der Waals surface area (Å²) in [5.41, 5.74) is 7.72. The molecule has 3 N–H and O–H groups in total. The number of hydrogen-bond donors (Lipinski definition) is 2. The average molecular weight is 403 g/mol. The quantitative estimate of drug-likeness (QED) is 0.531. The molecule has 0 aliphatic heterocycles. The molecule has 1 aliphatic rings. The number of carbonyl (C=O) groups is 1. The fourth-order valence-electron chi connectivity index (χ4n) is 4.44. The van der Waals surface area contributed by atoms with Crippen molar-refractivity contribution in [1.29, 1.82) is 0 Å². The number of amides is 1. The van der Waals surface area contributed by atoms with Crippen molar-refractivity contribution in [2.75, 3.05) is 5.32 Å². The molecule has 4 aromatic rings. The number of anilines is 1. The Morgan fingerprint density at radius 2 is 2.20 bits per heavy atom. The number of nitrogens with two attached hydrogens (primary N) is 1. The Labute approximate surface area is 172 Å². The van der Waals surface area contributed by atoms with Crippen LogP contribution in [0.5, 0.6) is 0 Å². The van der Waals surface area contributed by atoms with Crippen LogP contribution in [-0.4, -0.2) is 32.2 Å². The molecule has 7 heteroatoms. The number of rotatable bonds is 4. The van der Waals surface area contributed by atoms with Crippen molar-refractivity contribution in [2.45, 2.75) is 37.9 Å². The van der Waals surface area contributed by atoms with E-state index in [1.165, 1.54) is 6.20 Å². The second-order valence-corrected chi connectivity index (χ2v) is 8.13. The first-order chi connectivity index (χ1) is 14.4. The first-order valence-corrected chi connectivity index (χ1v) is 10.0. The maximum absolute atomic E-state index is 14.9. The third-order valence-electron chi connectivity index (χ3n) is 6.10. The molecule has 3 heterocycles. The molecule has 5 rings (SSSR count). The zero-order chi connectivity index (χ0) is 20.9. The van der Waals surface area contributed by atoms with Crippen molar-refractivity contribution in [3.8, 4) is 11.1 Å². The van der Waals surface area contributed by atoms with Crippen molar-refractivity contribution in [3.05, 3.63) is 60.7 Å². The molecular weight excluding hydrogens is 381 g/mol. The summed E-state index contributed by atoms with van der Waals surface area (Å²) in [5.74, 6) is -0.593. The van der Waals surface area contributed by atoms with Gasteiger partial charge in [-0.3, -0.25) is 9.78 Å². The van der Waals surface area contributed by atoms with Crippen molar-refractivity contribution >= 4 is 27.9 Å². The first-order valence-electron chi connectivity index (χ1n) is 10.0. The number of primary amides is 1. The third kappa shape index (κ3) is 2.98. The molecule has 0 radical (unpaired) electrons. The molecule has 0 bridgehead atoms. The molecule has 2 unspecified atom stereocenters. The minimum absolute atomic E-state index is 0.261. The topological polar surface area (TPSA) is 85.3 Å². The van der Waals surface area contributed by atoms with Crippen LogP contribution in [0.3, 0.4) is 0 Å². The molecule has 1 saturated carbocycles. The normalized spacial score (nSPS) is 21.3. The van der Waals surface area contributed by atoms with E-state index in [1.807, 2.05) is 42.7 Å². The van der Waals surface area contributed by atoms with Gasteiger partial charge in [0.2, 0.25) is 0 Å². The highest BCUT2D eigenvalue weighted by Gasteiger charge is 2.39. The monoisotopic (exact) mass is 403 g/mol. The highest BCUT2D eigenvalue weighted by molar-refractivity contribution is 6.03. The van der Waals surface area contributed by atoms with Crippen LogP contribution >= 0.6 is 0 Å². The Kier molecular flexibility index (Phi) is 4.20. The predicted octanol–water partition coefficient (Wildman–Crippen LogP) is 4.34. The number of nitrogens with zero attached hydrogens (tertiary/aromatic N) is 3. The fraction of sp³-hybridized carbons (Fsp3) is 0.261. The summed E-state index contributed by atoms with van der Waals surface area (Å²) in [4.78, 5) is 16.3. The molecular formula is C23H22FN5O. The van der Waals surface area contributed by atoms with E-state index < -0.39 is 11.6 Å². The van der Waals surface area contributed by atoms with Crippen LogP contribution < -0.4 is 11.1 Å². The van der Waals surface area contributed by atoms with Gasteiger partial charge in [-0.15, -0.1) is 0 Å². The van der Waals surface area contributed by atoms with Gasteiger partial charge in [0.25, 0.3) is 5.91 Å². The van der Waals surface area contributed by atoms with Crippen molar-refractivity contribution in [1.82, 2.24) is 14.6 Å². The van der Waals surface area contributed by atoms with Crippen LogP contribution in [0, 0.1) is 0 Å². The van der Waals surface area contributed by atoms with Gasteiger partial charge in [0, 0.05) is 29.5 Å². The van der Waals surface area contributed by atoms with E-state index in [9.17, 15) is 9.18 Å². The van der Waals surface area contributed by atoms with Gasteiger partial charge in [0.15, 0.2) is 0 Å². The number of alkyl halides is 1. The van der Waals surface area contributed by atoms with Gasteiger partial charge < -0.3 is 11.1 Å². The minimum Gasteiger partial charge on any atom is -0.377 e. The number of carbonyl (C=O) groups excluding carboxylic acids is 1. The van der Waals surface area contributed by atoms with Crippen LogP contribution in [0.4, 0.5) is 10.1 Å². The third-order valence-corrected chi connectivity index (χ3v) is 6.10. The van der Waals surface area contributed by atoms with E-state index in [0.29, 0.717) is 24.0 Å². The molecule has 0 saturated heterocycles. The summed E-state index contributed by atoms with van der Waals surface area (Å²) < 4.78 is 16.6. The smallest absolute Gasteiger partial charge is 0.252 e. The predicted molar refractivity (Wildman–Crippen MR) is 115 cm³/mol. The number of nitrogens with one attached hydrogen (secondary N) is 1. The van der Waals surface area contributed by atoms with Crippen LogP contribution in [0.2, 0.25) is 0 Å². The van der Waals surface area contributed by atoms with Gasteiger partial charge in [-0.2, -0.15) is 5.10 Å². The number of fused-ring (bicyclic) bond motifs is 2. The van der Waals surface area contributed by atoms with E-state index in [1.54, 1.807) is 17.6 Å². The van der Waals surface area contributed by atoms with Crippen molar-refractivity contribution < 1.29 is 9.18 Å². The lowest BCUT2D eigenvalue weighted by molar-refractivity contribution is 0.1000. The van der Waals surface area contributed by atoms with Gasteiger partial charge >= 0.3 is 0 Å². The van der Waals surface area contributed by atoms with E-state index in [-0.39, 0.29) is 11.6 Å². The number of halogens is 1. The average Bonchev–Trinajstić information content (AvgIpc) is 3.30. The SMILES string of the molecule is CC1(F)CCCC1Nc1c(C(N)=O)cnn2cc(-c3cccc4cnccc34)cc12. The van der Waals surface area contributed by atoms with E-state index in [2.05, 4.69) is 15.4 Å². The van der Waals surface area contributed by atoms with Gasteiger partial charge in [-0.25, -0.2) is 8.91 Å². The zero-order valence-corrected chi connectivity index (χ0v) is 16.6. The molecule has 1 fully saturated rings. The van der Waals surface area contributed by atoms with E-state index in [4.69, 9.17) is 5.73 Å². The van der Waals surface area contributed by atoms with Crippen LogP contribution in [-0.2, 0) is 0 Å². The summed E-state index contributed by atoms with van der Waals surface area (Å²) in [6.45, 7) is 1.60. The van der Waals surface area contributed by atoms with Crippen molar-refractivity contribution in [2.24, 2.45) is 5.73 Å². The number of aromatic nitrogens is 3. The molecule has 1 amide bonds. The van der Waals surface area contributed by atoms with Gasteiger partial charge in [0.1, 0.15) is 5.67 Å². The lowest BCUT2D eigenvalue weighted by Crippen LogP contribution is -2.36. The lowest BCUT2D eigenvalue weighted by Gasteiger charge is -2.26. The summed E-state index contributed by atoms with van der Waals surface area (Å²) in [5, 5.41) is 9.75. The van der Waals surface area contributed by atoms with Crippen molar-refractivity contribution in [3.63, 3.8) is 0 Å². The molecule has 1 aromatic carbocycles. The summed E-state index contributed by atoms with van der Waals surface area (Å²) in [6, 6.07) is 9.58. The summed E-state index contributed by atoms with van der Waals surface area (Å²) in [7, 11) is 0. The van der Waals surface area contributed by atoms with Crippen LogP contribution in [0.15, 0.2) is 55.1 Å². The highest BCUT2D eigenvalue weighted by Crippen LogP contribution is 2.38. The standard InChI is InChI=1S/C23H22FN5O/c1-23(24)8-3-6-20(23)28-21-18(22(25)30)12-27-29-13-15(10-19(21)29)16-5-2-4-14-11-26-9-7-17(14)16/h2,4-5,7,9-13,20,28H,3,6,8H2,1H3,(H2,25,30). The van der Waals surface area contributed by atoms with Gasteiger partial charge in [-0.1, -0.05) is 18.2 Å². The number of pyridine rings is 1. The van der Waals surface area contributed by atoms with Gasteiger partial charge in [0.05, 0.1) is 29.0 Å². The maximum atomic E-state index is 14.9. The molecule has 1 aliphatic carbocycles. The summed E-state index contributed by atoms with van der Waals surface area (Å²) in [6.07, 6.45) is 8.93. The largest absolute Gasteiger partial charge is 0.377 e. The molecule has 2 atom stereocenters. The first kappa shape index (κ1) is 18.5. The Morgan fingerprint density at radius 1 is 1.33 bits per heavy atom. The molecule has 3 aromatic heterocycles. The Bertz CT molecular complexity index is 1270. The van der Waals surface area contributed by atoms with E-state index in [0.717, 1.165) is 28.3 Å². The van der Waals surface area contributed by atoms with Crippen LogP contribution in [0.25, 0.3) is 27.4 Å². The lowest BCUT2D eigenvalue weighted by atomic mass is 10.0. The Morgan fingerprint density at radius 3 is 2.97 bits per heavy atom. The molecule has 6 nitrogen and oxygen atoms in total. The molecule has 0 spiro atoms. The number of hydrogen-bond acceptors (Lipinski definition) is 4. The Hall–Kier alpha value is -3.48. The summed E-state index contributed by atoms with van der Waals surface area (Å²) >= 11 is 0. The highest BCUT2D eigenvalue weighted by atomic mass is 19.1. The molecule has 30 heavy (non-hydrogen) atoms. The Balaban J connectivity index is 1.68. The fourth-order valence-corrected chi connectivity index (χ4v) is 4.44. The maximum Gasteiger partial charge on any atom is 0.252 e. The minimum atomic E-state index is -1.34. The second-order valence-electron chi connectivity index (χ2n) is 8.13. The molecule has 152 valence electrons. The van der Waals surface area contributed by atoms with E-state index >= 15 is 0 Å².